The maximum atomic E-state index is 12.6. The predicted octanol–water partition coefficient (Wildman–Crippen LogP) is 5.56. The topological polar surface area (TPSA) is 18.5 Å². The highest BCUT2D eigenvalue weighted by Crippen LogP contribution is 2.30. The molecule has 0 saturated heterocycles. The first-order valence-corrected chi connectivity index (χ1v) is 10.4. The molecule has 0 unspecified atom stereocenters. The lowest BCUT2D eigenvalue weighted by molar-refractivity contribution is -0.137. The quantitative estimate of drug-likeness (QED) is 0.407. The van der Waals surface area contributed by atoms with Crippen LogP contribution in [0.5, 0.6) is 0 Å². The lowest BCUT2D eigenvalue weighted by Gasteiger charge is -2.25. The lowest BCUT2D eigenvalue weighted by Crippen LogP contribution is -2.38. The summed E-state index contributed by atoms with van der Waals surface area (Å²) in [7, 11) is 1.44. The number of unbranched alkanes of at least 4 members (excludes halogenated alkanes) is 3. The van der Waals surface area contributed by atoms with Gasteiger partial charge in [-0.05, 0) is 36.6 Å². The summed E-state index contributed by atoms with van der Waals surface area (Å²) in [6.07, 6.45) is 0.448. The van der Waals surface area contributed by atoms with Crippen molar-refractivity contribution in [3.8, 4) is 0 Å². The fraction of sp³-hybridized carbons (Fsp3) is 0.647. The molecule has 0 saturated carbocycles. The zero-order valence-electron chi connectivity index (χ0n) is 14.2. The van der Waals surface area contributed by atoms with Crippen LogP contribution >= 0.6 is 0 Å². The second kappa shape index (κ2) is 9.44. The molecule has 132 valence electrons. The van der Waals surface area contributed by atoms with Gasteiger partial charge in [-0.3, -0.25) is 0 Å². The van der Waals surface area contributed by atoms with Crippen molar-refractivity contribution in [2.24, 2.45) is 0 Å². The number of hydrogen-bond acceptors (Lipinski definition) is 2. The molecule has 0 aliphatic heterocycles. The van der Waals surface area contributed by atoms with Gasteiger partial charge in [0, 0.05) is 14.2 Å². The van der Waals surface area contributed by atoms with E-state index in [4.69, 9.17) is 8.85 Å². The Hall–Kier alpha value is -0.853. The van der Waals surface area contributed by atoms with E-state index in [1.54, 1.807) is 20.3 Å². The average molecular weight is 348 g/mol. The molecule has 6 heteroatoms. The van der Waals surface area contributed by atoms with E-state index in [1.165, 1.54) is 12.1 Å². The normalized spacial score (nSPS) is 12.6. The summed E-state index contributed by atoms with van der Waals surface area (Å²) in [6.45, 7) is 2.09. The molecular weight excluding hydrogens is 321 g/mol. The number of aryl methyl sites for hydroxylation is 1. The van der Waals surface area contributed by atoms with Crippen molar-refractivity contribution in [1.29, 1.82) is 0 Å². The lowest BCUT2D eigenvalue weighted by atomic mass is 10.0. The molecule has 0 bridgehead atoms. The molecular formula is C17H27F3O2Si. The van der Waals surface area contributed by atoms with Gasteiger partial charge in [-0.2, -0.15) is 13.2 Å². The first-order valence-electron chi connectivity index (χ1n) is 8.13. The van der Waals surface area contributed by atoms with E-state index in [9.17, 15) is 13.2 Å². The van der Waals surface area contributed by atoms with Crippen molar-refractivity contribution >= 4 is 8.56 Å². The van der Waals surface area contributed by atoms with Crippen molar-refractivity contribution in [3.63, 3.8) is 0 Å². The van der Waals surface area contributed by atoms with Crippen LogP contribution in [0.25, 0.3) is 0 Å². The fourth-order valence-electron chi connectivity index (χ4n) is 2.73. The van der Waals surface area contributed by atoms with Crippen molar-refractivity contribution in [1.82, 2.24) is 0 Å². The van der Waals surface area contributed by atoms with Gasteiger partial charge in [0.25, 0.3) is 0 Å². The molecule has 0 heterocycles. The maximum absolute atomic E-state index is 12.6. The van der Waals surface area contributed by atoms with E-state index < -0.39 is 20.3 Å². The number of alkyl halides is 3. The van der Waals surface area contributed by atoms with Crippen molar-refractivity contribution in [2.75, 3.05) is 14.2 Å². The molecule has 0 aliphatic carbocycles. The SMILES string of the molecule is CC[Si](CCCCCCc1cccc(C(F)(F)F)c1)(OC)OC. The molecule has 1 aromatic carbocycles. The Bertz CT molecular complexity index is 451. The molecule has 0 atom stereocenters. The van der Waals surface area contributed by atoms with E-state index in [0.29, 0.717) is 6.42 Å². The van der Waals surface area contributed by atoms with Crippen LogP contribution in [0.4, 0.5) is 13.2 Å². The molecule has 23 heavy (non-hydrogen) atoms. The Morgan fingerprint density at radius 3 is 2.22 bits per heavy atom. The minimum Gasteiger partial charge on any atom is -0.398 e. The minimum atomic E-state index is -4.26. The van der Waals surface area contributed by atoms with Gasteiger partial charge in [0.1, 0.15) is 0 Å². The zero-order chi connectivity index (χ0) is 17.3. The van der Waals surface area contributed by atoms with E-state index in [1.807, 2.05) is 0 Å². The highest BCUT2D eigenvalue weighted by molar-refractivity contribution is 6.67. The summed E-state index contributed by atoms with van der Waals surface area (Å²) in [5.41, 5.74) is 0.194. The van der Waals surface area contributed by atoms with Gasteiger partial charge in [-0.15, -0.1) is 0 Å². The van der Waals surface area contributed by atoms with Crippen LogP contribution in [0.3, 0.4) is 0 Å². The molecule has 2 nitrogen and oxygen atoms in total. The molecule has 0 fully saturated rings. The zero-order valence-corrected chi connectivity index (χ0v) is 15.2. The predicted molar refractivity (Wildman–Crippen MR) is 88.7 cm³/mol. The third kappa shape index (κ3) is 6.65. The molecule has 0 spiro atoms. The maximum Gasteiger partial charge on any atom is 0.416 e. The highest BCUT2D eigenvalue weighted by Gasteiger charge is 2.32. The van der Waals surface area contributed by atoms with Gasteiger partial charge in [0.15, 0.2) is 0 Å². The Morgan fingerprint density at radius 2 is 1.65 bits per heavy atom. The standard InChI is InChI=1S/C17H27F3O2Si/c1-4-23(21-2,22-3)13-8-6-5-7-10-15-11-9-12-16(14-15)17(18,19)20/h9,11-12,14H,4-8,10,13H2,1-3H3. The summed E-state index contributed by atoms with van der Waals surface area (Å²) < 4.78 is 49.1. The summed E-state index contributed by atoms with van der Waals surface area (Å²) in [6, 6.07) is 7.53. The first-order chi connectivity index (χ1) is 10.9. The van der Waals surface area contributed by atoms with Crippen LogP contribution in [-0.4, -0.2) is 22.8 Å². The van der Waals surface area contributed by atoms with Gasteiger partial charge < -0.3 is 8.85 Å². The second-order valence-electron chi connectivity index (χ2n) is 5.78. The second-order valence-corrected chi connectivity index (χ2v) is 9.63. The van der Waals surface area contributed by atoms with E-state index in [0.717, 1.165) is 49.4 Å². The van der Waals surface area contributed by atoms with Gasteiger partial charge in [-0.25, -0.2) is 0 Å². The van der Waals surface area contributed by atoms with Crippen LogP contribution in [0.1, 0.15) is 43.7 Å². The van der Waals surface area contributed by atoms with Crippen molar-refractivity contribution in [3.05, 3.63) is 35.4 Å². The van der Waals surface area contributed by atoms with Crippen molar-refractivity contribution in [2.45, 2.75) is 57.3 Å². The number of hydrogen-bond donors (Lipinski definition) is 0. The average Bonchev–Trinajstić information content (AvgIpc) is 2.54. The van der Waals surface area contributed by atoms with Gasteiger partial charge >= 0.3 is 14.7 Å². The first kappa shape index (κ1) is 20.2. The Morgan fingerprint density at radius 1 is 1.00 bits per heavy atom. The van der Waals surface area contributed by atoms with Crippen LogP contribution in [0.15, 0.2) is 24.3 Å². The monoisotopic (exact) mass is 348 g/mol. The van der Waals surface area contributed by atoms with Gasteiger partial charge in [0.2, 0.25) is 0 Å². The number of rotatable bonds is 10. The summed E-state index contributed by atoms with van der Waals surface area (Å²) >= 11 is 0. The van der Waals surface area contributed by atoms with Crippen LogP contribution in [-0.2, 0) is 21.4 Å². The Labute approximate surface area is 138 Å². The third-order valence-corrected chi connectivity index (χ3v) is 7.99. The third-order valence-electron chi connectivity index (χ3n) is 4.31. The van der Waals surface area contributed by atoms with E-state index in [2.05, 4.69) is 6.92 Å². The summed E-state index contributed by atoms with van der Waals surface area (Å²) in [5, 5.41) is 0. The Kier molecular flexibility index (Phi) is 8.29. The molecule has 0 aliphatic rings. The number of halogens is 3. The molecule has 0 N–H and O–H groups in total. The minimum absolute atomic E-state index is 0.561. The molecule has 1 aromatic rings. The highest BCUT2D eigenvalue weighted by atomic mass is 28.4. The van der Waals surface area contributed by atoms with Crippen LogP contribution < -0.4 is 0 Å². The van der Waals surface area contributed by atoms with Gasteiger partial charge in [-0.1, -0.05) is 44.4 Å². The van der Waals surface area contributed by atoms with Gasteiger partial charge in [0.05, 0.1) is 5.56 Å². The Balaban J connectivity index is 2.31. The van der Waals surface area contributed by atoms with E-state index in [-0.39, 0.29) is 0 Å². The largest absolute Gasteiger partial charge is 0.416 e. The summed E-state index contributed by atoms with van der Waals surface area (Å²) in [4.78, 5) is 0. The van der Waals surface area contributed by atoms with Crippen LogP contribution in [0.2, 0.25) is 12.1 Å². The van der Waals surface area contributed by atoms with Crippen molar-refractivity contribution < 1.29 is 22.0 Å². The molecule has 0 amide bonds. The smallest absolute Gasteiger partial charge is 0.398 e. The molecule has 0 radical (unpaired) electrons. The van der Waals surface area contributed by atoms with Crippen LogP contribution in [0, 0.1) is 0 Å². The molecule has 0 aromatic heterocycles. The number of benzene rings is 1. The van der Waals surface area contributed by atoms with E-state index >= 15 is 0 Å². The summed E-state index contributed by atoms with van der Waals surface area (Å²) in [5.74, 6) is 0. The molecule has 1 rings (SSSR count). The fourth-order valence-corrected chi connectivity index (χ4v) is 5.03.